The minimum atomic E-state index is 0. The Kier molecular flexibility index (Phi) is 6.79. The summed E-state index contributed by atoms with van der Waals surface area (Å²) in [7, 11) is 3.57. The summed E-state index contributed by atoms with van der Waals surface area (Å²) in [6, 6.07) is 1.89. The summed E-state index contributed by atoms with van der Waals surface area (Å²) in [5, 5.41) is 11.6. The van der Waals surface area contributed by atoms with E-state index in [-0.39, 0.29) is 29.9 Å². The maximum atomic E-state index is 12.4. The van der Waals surface area contributed by atoms with E-state index in [0.29, 0.717) is 19.6 Å². The van der Waals surface area contributed by atoms with Crippen molar-refractivity contribution in [2.45, 2.75) is 6.54 Å². The molecule has 0 unspecified atom stereocenters. The van der Waals surface area contributed by atoms with Gasteiger partial charge in [-0.2, -0.15) is 10.2 Å². The van der Waals surface area contributed by atoms with E-state index in [9.17, 15) is 4.79 Å². The third kappa shape index (κ3) is 4.71. The number of nitrogens with one attached hydrogen (secondary N) is 1. The first-order chi connectivity index (χ1) is 11.7. The fraction of sp³-hybridized carbons (Fsp3) is 0.467. The van der Waals surface area contributed by atoms with Crippen molar-refractivity contribution in [3.05, 3.63) is 30.9 Å². The van der Waals surface area contributed by atoms with Crippen LogP contribution in [0.5, 0.6) is 0 Å². The Balaban J connectivity index is 0.00000225. The van der Waals surface area contributed by atoms with E-state index < -0.39 is 0 Å². The molecule has 3 rings (SSSR count). The molecular weight excluding hydrogens is 435 g/mol. The number of anilines is 1. The SMILES string of the molecule is CN=C(NCCn1cccn1)N1CCN(c2cnn(C)c2)C(=O)C1.I. The summed E-state index contributed by atoms with van der Waals surface area (Å²) < 4.78 is 3.55. The predicted octanol–water partition coefficient (Wildman–Crippen LogP) is 0.159. The lowest BCUT2D eigenvalue weighted by atomic mass is 10.3. The number of hydrogen-bond acceptors (Lipinski definition) is 4. The third-order valence-electron chi connectivity index (χ3n) is 3.92. The number of amides is 1. The Morgan fingerprint density at radius 3 is 2.80 bits per heavy atom. The summed E-state index contributed by atoms with van der Waals surface area (Å²) in [5.74, 6) is 0.783. The number of carbonyl (C=O) groups excluding carboxylic acids is 1. The molecule has 10 heteroatoms. The van der Waals surface area contributed by atoms with Crippen molar-refractivity contribution in [1.29, 1.82) is 0 Å². The lowest BCUT2D eigenvalue weighted by Crippen LogP contribution is -2.55. The lowest BCUT2D eigenvalue weighted by molar-refractivity contribution is -0.120. The predicted molar refractivity (Wildman–Crippen MR) is 106 cm³/mol. The Morgan fingerprint density at radius 2 is 2.20 bits per heavy atom. The van der Waals surface area contributed by atoms with E-state index in [0.717, 1.165) is 24.7 Å². The quantitative estimate of drug-likeness (QED) is 0.401. The average molecular weight is 458 g/mol. The van der Waals surface area contributed by atoms with Gasteiger partial charge in [0.25, 0.3) is 0 Å². The minimum absolute atomic E-state index is 0. The highest BCUT2D eigenvalue weighted by atomic mass is 127. The zero-order valence-corrected chi connectivity index (χ0v) is 16.7. The van der Waals surface area contributed by atoms with Crippen LogP contribution in [0.15, 0.2) is 35.8 Å². The van der Waals surface area contributed by atoms with Crippen molar-refractivity contribution in [2.75, 3.05) is 38.1 Å². The molecule has 1 aliphatic heterocycles. The number of aryl methyl sites for hydroxylation is 1. The first-order valence-corrected chi connectivity index (χ1v) is 7.89. The first kappa shape index (κ1) is 19.2. The van der Waals surface area contributed by atoms with Crippen molar-refractivity contribution < 1.29 is 4.79 Å². The Morgan fingerprint density at radius 1 is 1.36 bits per heavy atom. The first-order valence-electron chi connectivity index (χ1n) is 7.89. The van der Waals surface area contributed by atoms with Crippen molar-refractivity contribution >= 4 is 41.5 Å². The van der Waals surface area contributed by atoms with Crippen molar-refractivity contribution in [3.63, 3.8) is 0 Å². The summed E-state index contributed by atoms with van der Waals surface area (Å²) in [5.41, 5.74) is 0.837. The van der Waals surface area contributed by atoms with Crippen LogP contribution in [-0.2, 0) is 18.4 Å². The van der Waals surface area contributed by atoms with E-state index >= 15 is 0 Å². The van der Waals surface area contributed by atoms with E-state index in [1.165, 1.54) is 0 Å². The fourth-order valence-corrected chi connectivity index (χ4v) is 2.72. The molecule has 0 aliphatic carbocycles. The van der Waals surface area contributed by atoms with Gasteiger partial charge in [0, 0.05) is 52.3 Å². The highest BCUT2D eigenvalue weighted by Crippen LogP contribution is 2.15. The summed E-state index contributed by atoms with van der Waals surface area (Å²) in [4.78, 5) is 20.5. The topological polar surface area (TPSA) is 83.6 Å². The van der Waals surface area contributed by atoms with Gasteiger partial charge in [0.2, 0.25) is 5.91 Å². The summed E-state index contributed by atoms with van der Waals surface area (Å²) in [6.45, 7) is 3.09. The zero-order chi connectivity index (χ0) is 16.9. The molecule has 9 nitrogen and oxygen atoms in total. The molecule has 136 valence electrons. The van der Waals surface area contributed by atoms with Gasteiger partial charge in [-0.15, -0.1) is 24.0 Å². The Hall–Kier alpha value is -2.11. The van der Waals surface area contributed by atoms with Gasteiger partial charge in [-0.3, -0.25) is 19.2 Å². The van der Waals surface area contributed by atoms with Crippen LogP contribution >= 0.6 is 24.0 Å². The molecular formula is C15H23IN8O. The normalized spacial score (nSPS) is 15.3. The van der Waals surface area contributed by atoms with Gasteiger partial charge in [0.05, 0.1) is 18.4 Å². The monoisotopic (exact) mass is 458 g/mol. The number of piperazine rings is 1. The third-order valence-corrected chi connectivity index (χ3v) is 3.92. The van der Waals surface area contributed by atoms with Crippen LogP contribution in [0.2, 0.25) is 0 Å². The summed E-state index contributed by atoms with van der Waals surface area (Å²) in [6.07, 6.45) is 7.24. The van der Waals surface area contributed by atoms with Gasteiger partial charge < -0.3 is 15.1 Å². The molecule has 1 amide bonds. The highest BCUT2D eigenvalue weighted by molar-refractivity contribution is 14.0. The molecule has 1 aliphatic rings. The van der Waals surface area contributed by atoms with Crippen LogP contribution in [0.1, 0.15) is 0 Å². The molecule has 0 aromatic carbocycles. The number of aliphatic imine (C=N–C) groups is 1. The average Bonchev–Trinajstić information content (AvgIpc) is 3.23. The molecule has 25 heavy (non-hydrogen) atoms. The number of guanidine groups is 1. The summed E-state index contributed by atoms with van der Waals surface area (Å²) >= 11 is 0. The molecule has 1 saturated heterocycles. The molecule has 0 atom stereocenters. The number of aromatic nitrogens is 4. The molecule has 0 spiro atoms. The zero-order valence-electron chi connectivity index (χ0n) is 14.4. The fourth-order valence-electron chi connectivity index (χ4n) is 2.72. The van der Waals surface area contributed by atoms with Crippen LogP contribution in [0.4, 0.5) is 5.69 Å². The van der Waals surface area contributed by atoms with Gasteiger partial charge in [0.15, 0.2) is 5.96 Å². The minimum Gasteiger partial charge on any atom is -0.354 e. The van der Waals surface area contributed by atoms with Crippen molar-refractivity contribution in [3.8, 4) is 0 Å². The smallest absolute Gasteiger partial charge is 0.246 e. The molecule has 2 aromatic rings. The van der Waals surface area contributed by atoms with Crippen LogP contribution in [0, 0.1) is 0 Å². The molecule has 1 N–H and O–H groups in total. The molecule has 0 radical (unpaired) electrons. The molecule has 3 heterocycles. The highest BCUT2D eigenvalue weighted by Gasteiger charge is 2.27. The van der Waals surface area contributed by atoms with Crippen LogP contribution in [0.3, 0.4) is 0 Å². The van der Waals surface area contributed by atoms with Crippen LogP contribution in [0.25, 0.3) is 0 Å². The van der Waals surface area contributed by atoms with Crippen LogP contribution < -0.4 is 10.2 Å². The number of rotatable bonds is 4. The number of halogens is 1. The van der Waals surface area contributed by atoms with E-state index in [1.54, 1.807) is 29.0 Å². The number of nitrogens with zero attached hydrogens (tertiary/aromatic N) is 7. The van der Waals surface area contributed by atoms with Gasteiger partial charge in [-0.1, -0.05) is 0 Å². The standard InChI is InChI=1S/C15H22N8O.HI/c1-16-15(17-5-7-22-6-3-4-18-22)21-8-9-23(14(24)12-21)13-10-19-20(2)11-13;/h3-4,6,10-11H,5,7-9,12H2,1-2H3,(H,16,17);1H. The Labute approximate surface area is 163 Å². The van der Waals surface area contributed by atoms with Crippen molar-refractivity contribution in [2.24, 2.45) is 12.0 Å². The molecule has 1 fully saturated rings. The van der Waals surface area contributed by atoms with E-state index in [4.69, 9.17) is 0 Å². The lowest BCUT2D eigenvalue weighted by Gasteiger charge is -2.35. The Bertz CT molecular complexity index is 711. The number of hydrogen-bond donors (Lipinski definition) is 1. The second-order valence-corrected chi connectivity index (χ2v) is 5.58. The molecule has 0 bridgehead atoms. The maximum absolute atomic E-state index is 12.4. The second-order valence-electron chi connectivity index (χ2n) is 5.58. The molecule has 2 aromatic heterocycles. The molecule has 0 saturated carbocycles. The van der Waals surface area contributed by atoms with Gasteiger partial charge in [-0.25, -0.2) is 0 Å². The van der Waals surface area contributed by atoms with Crippen molar-refractivity contribution in [1.82, 2.24) is 29.8 Å². The van der Waals surface area contributed by atoms with Gasteiger partial charge in [-0.05, 0) is 6.07 Å². The van der Waals surface area contributed by atoms with Crippen LogP contribution in [-0.4, -0.2) is 69.6 Å². The van der Waals surface area contributed by atoms with E-state index in [1.807, 2.05) is 35.1 Å². The number of carbonyl (C=O) groups is 1. The second kappa shape index (κ2) is 8.83. The maximum Gasteiger partial charge on any atom is 0.246 e. The van der Waals surface area contributed by atoms with E-state index in [2.05, 4.69) is 20.5 Å². The van der Waals surface area contributed by atoms with Gasteiger partial charge >= 0.3 is 0 Å². The van der Waals surface area contributed by atoms with Gasteiger partial charge in [0.1, 0.15) is 6.54 Å². The largest absolute Gasteiger partial charge is 0.354 e.